The topological polar surface area (TPSA) is 44.1 Å². The van der Waals surface area contributed by atoms with Crippen LogP contribution < -0.4 is 0 Å². The maximum Gasteiger partial charge on any atom is 0.166 e. The minimum Gasteiger partial charge on any atom is -0.294 e. The van der Waals surface area contributed by atoms with Gasteiger partial charge in [-0.2, -0.15) is 5.26 Å². The third-order valence-corrected chi connectivity index (χ3v) is 5.74. The second kappa shape index (κ2) is 6.82. The van der Waals surface area contributed by atoms with Crippen molar-refractivity contribution in [2.45, 2.75) is 44.3 Å². The van der Waals surface area contributed by atoms with Crippen LogP contribution in [0.15, 0.2) is 54.6 Å². The highest BCUT2D eigenvalue weighted by Gasteiger charge is 2.42. The molecule has 0 aromatic heterocycles. The largest absolute Gasteiger partial charge is 0.294 e. The fourth-order valence-corrected chi connectivity index (χ4v) is 4.52. The van der Waals surface area contributed by atoms with Crippen LogP contribution >= 0.6 is 0 Å². The number of carbonyl (C=O) groups is 1. The lowest BCUT2D eigenvalue weighted by Crippen LogP contribution is -2.44. The first-order valence-electron chi connectivity index (χ1n) is 9.08. The Balaban J connectivity index is 1.47. The summed E-state index contributed by atoms with van der Waals surface area (Å²) in [5.41, 5.74) is 2.61. The van der Waals surface area contributed by atoms with Gasteiger partial charge < -0.3 is 0 Å². The van der Waals surface area contributed by atoms with Crippen molar-refractivity contribution in [1.29, 1.82) is 5.26 Å². The molecule has 2 aromatic rings. The van der Waals surface area contributed by atoms with Crippen LogP contribution in [0.4, 0.5) is 0 Å². The maximum atomic E-state index is 12.9. The fraction of sp³-hybridized carbons (Fsp3) is 0.364. The van der Waals surface area contributed by atoms with Crippen molar-refractivity contribution >= 4 is 5.78 Å². The van der Waals surface area contributed by atoms with Gasteiger partial charge in [0.2, 0.25) is 0 Å². The van der Waals surface area contributed by atoms with E-state index in [4.69, 9.17) is 5.26 Å². The number of ketones is 1. The van der Waals surface area contributed by atoms with Crippen LogP contribution in [0.25, 0.3) is 0 Å². The minimum atomic E-state index is 0.0958. The van der Waals surface area contributed by atoms with Gasteiger partial charge >= 0.3 is 0 Å². The summed E-state index contributed by atoms with van der Waals surface area (Å²) in [6, 6.07) is 20.9. The zero-order chi connectivity index (χ0) is 17.2. The Labute approximate surface area is 148 Å². The van der Waals surface area contributed by atoms with E-state index < -0.39 is 0 Å². The van der Waals surface area contributed by atoms with Gasteiger partial charge in [0.15, 0.2) is 5.78 Å². The summed E-state index contributed by atoms with van der Waals surface area (Å²) in [4.78, 5) is 15.5. The van der Waals surface area contributed by atoms with Crippen LogP contribution in [0.3, 0.4) is 0 Å². The average molecular weight is 330 g/mol. The quantitative estimate of drug-likeness (QED) is 0.790. The smallest absolute Gasteiger partial charge is 0.166 e. The van der Waals surface area contributed by atoms with Crippen molar-refractivity contribution < 1.29 is 4.79 Å². The molecule has 2 aliphatic rings. The molecule has 0 radical (unpaired) electrons. The summed E-state index contributed by atoms with van der Waals surface area (Å²) in [5.74, 6) is 0.312. The lowest BCUT2D eigenvalue weighted by Gasteiger charge is -2.38. The molecule has 2 bridgehead atoms. The molecule has 2 unspecified atom stereocenters. The third-order valence-electron chi connectivity index (χ3n) is 5.74. The first-order chi connectivity index (χ1) is 12.2. The van der Waals surface area contributed by atoms with Crippen molar-refractivity contribution in [3.63, 3.8) is 0 Å². The zero-order valence-corrected chi connectivity index (χ0v) is 14.3. The van der Waals surface area contributed by atoms with E-state index in [0.717, 1.165) is 19.4 Å². The van der Waals surface area contributed by atoms with E-state index >= 15 is 0 Å². The Kier molecular flexibility index (Phi) is 4.38. The summed E-state index contributed by atoms with van der Waals surface area (Å²) in [6.07, 6.45) is 4.27. The number of rotatable bonds is 4. The van der Waals surface area contributed by atoms with Gasteiger partial charge in [-0.3, -0.25) is 9.69 Å². The molecule has 0 aliphatic carbocycles. The third kappa shape index (κ3) is 3.23. The first kappa shape index (κ1) is 16.1. The molecule has 2 aliphatic heterocycles. The number of hydrogen-bond donors (Lipinski definition) is 0. The van der Waals surface area contributed by atoms with Gasteiger partial charge in [-0.1, -0.05) is 42.5 Å². The molecule has 2 fully saturated rings. The molecule has 2 heterocycles. The Morgan fingerprint density at radius 2 is 1.76 bits per heavy atom. The highest BCUT2D eigenvalue weighted by Crippen LogP contribution is 2.40. The standard InChI is InChI=1S/C22H22N2O/c23-14-17-7-4-8-18(11-17)22(25)19-12-20-9-10-21(13-19)24(20)15-16-5-2-1-3-6-16/h1-8,11,19-21H,9-10,12-13,15H2. The zero-order valence-electron chi connectivity index (χ0n) is 14.3. The number of carbonyl (C=O) groups excluding carboxylic acids is 1. The van der Waals surface area contributed by atoms with Crippen LogP contribution in [-0.4, -0.2) is 22.8 Å². The monoisotopic (exact) mass is 330 g/mol. The van der Waals surface area contributed by atoms with Gasteiger partial charge in [0, 0.05) is 30.1 Å². The summed E-state index contributed by atoms with van der Waals surface area (Å²) in [5, 5.41) is 9.06. The van der Waals surface area contributed by atoms with Crippen molar-refractivity contribution in [1.82, 2.24) is 4.90 Å². The van der Waals surface area contributed by atoms with E-state index in [-0.39, 0.29) is 11.7 Å². The summed E-state index contributed by atoms with van der Waals surface area (Å²) < 4.78 is 0. The molecule has 0 amide bonds. The fourth-order valence-electron chi connectivity index (χ4n) is 4.52. The minimum absolute atomic E-state index is 0.0958. The van der Waals surface area contributed by atoms with Crippen LogP contribution in [-0.2, 0) is 6.54 Å². The van der Waals surface area contributed by atoms with Gasteiger partial charge in [0.1, 0.15) is 0 Å². The number of Topliss-reactive ketones (excluding diaryl/α,β-unsaturated/α-hetero) is 1. The van der Waals surface area contributed by atoms with Crippen LogP contribution in [0.5, 0.6) is 0 Å². The molecule has 2 saturated heterocycles. The van der Waals surface area contributed by atoms with E-state index in [0.29, 0.717) is 23.2 Å². The predicted molar refractivity (Wildman–Crippen MR) is 97.0 cm³/mol. The van der Waals surface area contributed by atoms with E-state index in [9.17, 15) is 4.79 Å². The van der Waals surface area contributed by atoms with Crippen molar-refractivity contribution in [3.05, 3.63) is 71.3 Å². The van der Waals surface area contributed by atoms with E-state index in [1.54, 1.807) is 12.1 Å². The maximum absolute atomic E-state index is 12.9. The van der Waals surface area contributed by atoms with Crippen LogP contribution in [0.2, 0.25) is 0 Å². The van der Waals surface area contributed by atoms with Crippen molar-refractivity contribution in [2.24, 2.45) is 5.92 Å². The number of benzene rings is 2. The molecule has 3 nitrogen and oxygen atoms in total. The molecule has 0 saturated carbocycles. The van der Waals surface area contributed by atoms with E-state index in [2.05, 4.69) is 41.3 Å². The van der Waals surface area contributed by atoms with Gasteiger partial charge in [-0.15, -0.1) is 0 Å². The number of fused-ring (bicyclic) bond motifs is 2. The summed E-state index contributed by atoms with van der Waals surface area (Å²) in [6.45, 7) is 0.987. The highest BCUT2D eigenvalue weighted by atomic mass is 16.1. The summed E-state index contributed by atoms with van der Waals surface area (Å²) in [7, 11) is 0. The molecule has 4 rings (SSSR count). The molecule has 126 valence electrons. The normalized spacial score (nSPS) is 25.5. The second-order valence-corrected chi connectivity index (χ2v) is 7.27. The molecular weight excluding hydrogens is 308 g/mol. The van der Waals surface area contributed by atoms with Gasteiger partial charge in [-0.25, -0.2) is 0 Å². The van der Waals surface area contributed by atoms with E-state index in [1.807, 2.05) is 12.1 Å². The Bertz CT molecular complexity index is 794. The van der Waals surface area contributed by atoms with Gasteiger partial charge in [0.25, 0.3) is 0 Å². The Hall–Kier alpha value is -2.44. The summed E-state index contributed by atoms with van der Waals surface area (Å²) >= 11 is 0. The number of nitrogens with zero attached hydrogens (tertiary/aromatic N) is 2. The second-order valence-electron chi connectivity index (χ2n) is 7.27. The molecular formula is C22H22N2O. The molecule has 2 atom stereocenters. The number of hydrogen-bond acceptors (Lipinski definition) is 3. The first-order valence-corrected chi connectivity index (χ1v) is 9.08. The molecule has 3 heteroatoms. The van der Waals surface area contributed by atoms with Gasteiger partial charge in [0.05, 0.1) is 11.6 Å². The lowest BCUT2D eigenvalue weighted by molar-refractivity contribution is 0.0678. The van der Waals surface area contributed by atoms with Crippen molar-refractivity contribution in [3.8, 4) is 6.07 Å². The highest BCUT2D eigenvalue weighted by molar-refractivity contribution is 5.98. The molecule has 0 N–H and O–H groups in total. The predicted octanol–water partition coefficient (Wildman–Crippen LogP) is 4.18. The van der Waals surface area contributed by atoms with Gasteiger partial charge in [-0.05, 0) is 43.4 Å². The lowest BCUT2D eigenvalue weighted by atomic mass is 9.84. The number of nitriles is 1. The average Bonchev–Trinajstić information content (AvgIpc) is 2.90. The Morgan fingerprint density at radius 3 is 2.44 bits per heavy atom. The molecule has 0 spiro atoms. The SMILES string of the molecule is N#Cc1cccc(C(=O)C2CC3CCC(C2)N3Cc2ccccc2)c1. The molecule has 25 heavy (non-hydrogen) atoms. The number of piperidine rings is 1. The van der Waals surface area contributed by atoms with Crippen LogP contribution in [0, 0.1) is 17.2 Å². The van der Waals surface area contributed by atoms with Crippen molar-refractivity contribution in [2.75, 3.05) is 0 Å². The van der Waals surface area contributed by atoms with E-state index in [1.165, 1.54) is 18.4 Å². The van der Waals surface area contributed by atoms with Crippen LogP contribution in [0.1, 0.15) is 47.2 Å². The Morgan fingerprint density at radius 1 is 1.04 bits per heavy atom. The molecule has 2 aromatic carbocycles.